The van der Waals surface area contributed by atoms with Crippen molar-refractivity contribution in [3.05, 3.63) is 60.3 Å². The van der Waals surface area contributed by atoms with E-state index >= 15 is 0 Å². The molecule has 1 aliphatic carbocycles. The van der Waals surface area contributed by atoms with Crippen molar-refractivity contribution in [3.63, 3.8) is 0 Å². The van der Waals surface area contributed by atoms with Crippen LogP contribution in [0.5, 0.6) is 0 Å². The van der Waals surface area contributed by atoms with Crippen LogP contribution in [0.1, 0.15) is 27.7 Å². The largest absolute Gasteiger partial charge is 0.494 e. The molecule has 1 fully saturated rings. The van der Waals surface area contributed by atoms with E-state index in [1.165, 1.54) is 0 Å². The van der Waals surface area contributed by atoms with Gasteiger partial charge in [-0.05, 0) is 45.3 Å². The summed E-state index contributed by atoms with van der Waals surface area (Å²) in [5, 5.41) is 3.34. The predicted molar refractivity (Wildman–Crippen MR) is 90.8 cm³/mol. The average molecular weight is 294 g/mol. The predicted octanol–water partition coefficient (Wildman–Crippen LogP) is 3.21. The summed E-state index contributed by atoms with van der Waals surface area (Å²) in [5.74, 6) is 0. The van der Waals surface area contributed by atoms with Crippen LogP contribution < -0.4 is 10.8 Å². The number of anilines is 1. The standard InChI is InChI=1S/C18H21BNO2/c1-17(2)18(3,4)22-19(21-17)14-9-8-12-16(13-14)20-15-10-6-5-7-11-15/h5-10,12-13,20H,1-4H3/q+1. The van der Waals surface area contributed by atoms with Gasteiger partial charge in [-0.15, -0.1) is 0 Å². The second-order valence-electron chi connectivity index (χ2n) is 6.61. The molecule has 22 heavy (non-hydrogen) atoms. The summed E-state index contributed by atoms with van der Waals surface area (Å²) in [6, 6.07) is 8.12. The van der Waals surface area contributed by atoms with Crippen molar-refractivity contribution in [2.45, 2.75) is 38.9 Å². The zero-order valence-electron chi connectivity index (χ0n) is 13.5. The molecule has 1 aromatic carbocycles. The second kappa shape index (κ2) is 5.40. The third-order valence-electron chi connectivity index (χ3n) is 4.40. The van der Waals surface area contributed by atoms with Crippen molar-refractivity contribution in [1.29, 1.82) is 0 Å². The fourth-order valence-corrected chi connectivity index (χ4v) is 2.37. The van der Waals surface area contributed by atoms with E-state index in [1.54, 1.807) is 0 Å². The normalized spacial score (nSPS) is 21.5. The van der Waals surface area contributed by atoms with Gasteiger partial charge in [0.2, 0.25) is 5.70 Å². The summed E-state index contributed by atoms with van der Waals surface area (Å²) < 4.78 is 12.2. The lowest BCUT2D eigenvalue weighted by Crippen LogP contribution is -2.41. The molecule has 0 saturated carbocycles. The Kier molecular flexibility index (Phi) is 3.69. The maximum absolute atomic E-state index is 6.10. The molecule has 2 aliphatic rings. The number of allylic oxidation sites excluding steroid dienone is 5. The summed E-state index contributed by atoms with van der Waals surface area (Å²) in [7, 11) is -0.341. The van der Waals surface area contributed by atoms with Crippen LogP contribution in [0, 0.1) is 6.08 Å². The van der Waals surface area contributed by atoms with E-state index in [0.717, 1.165) is 16.8 Å². The van der Waals surface area contributed by atoms with E-state index in [1.807, 2.05) is 42.5 Å². The van der Waals surface area contributed by atoms with Crippen LogP contribution in [0.2, 0.25) is 0 Å². The Morgan fingerprint density at radius 1 is 1.05 bits per heavy atom. The van der Waals surface area contributed by atoms with Crippen molar-refractivity contribution in [1.82, 2.24) is 0 Å². The maximum Gasteiger partial charge on any atom is 0.494 e. The monoisotopic (exact) mass is 294 g/mol. The summed E-state index contributed by atoms with van der Waals surface area (Å²) in [4.78, 5) is 0. The van der Waals surface area contributed by atoms with Gasteiger partial charge in [-0.3, -0.25) is 0 Å². The molecule has 1 N–H and O–H groups in total. The minimum atomic E-state index is -0.341. The fourth-order valence-electron chi connectivity index (χ4n) is 2.37. The minimum absolute atomic E-state index is 0.325. The Morgan fingerprint density at radius 2 is 1.77 bits per heavy atom. The van der Waals surface area contributed by atoms with Gasteiger partial charge in [-0.1, -0.05) is 12.1 Å². The average Bonchev–Trinajstić information content (AvgIpc) is 2.69. The number of hydrogen-bond acceptors (Lipinski definition) is 3. The minimum Gasteiger partial charge on any atom is -0.399 e. The molecular formula is C18H21BNO2+. The number of hydrogen-bond donors (Lipinski definition) is 1. The molecule has 3 rings (SSSR count). The molecule has 1 heterocycles. The van der Waals surface area contributed by atoms with Crippen molar-refractivity contribution in [2.75, 3.05) is 5.32 Å². The fraction of sp³-hybridized carbons (Fsp3) is 0.333. The molecule has 0 amide bonds. The Labute approximate surface area is 132 Å². The first-order valence-electron chi connectivity index (χ1n) is 7.57. The van der Waals surface area contributed by atoms with Gasteiger partial charge in [-0.2, -0.15) is 0 Å². The molecule has 0 unspecified atom stereocenters. The van der Waals surface area contributed by atoms with Crippen LogP contribution >= 0.6 is 0 Å². The SMILES string of the molecule is CC1(C)OB(c2cccc(NC3=CC=CC=[C+]3)c2)OC1(C)C. The zero-order chi connectivity index (χ0) is 15.8. The Bertz CT molecular complexity index is 643. The van der Waals surface area contributed by atoms with E-state index in [9.17, 15) is 0 Å². The highest BCUT2D eigenvalue weighted by Crippen LogP contribution is 2.36. The number of nitrogens with one attached hydrogen (secondary N) is 1. The van der Waals surface area contributed by atoms with Gasteiger partial charge in [0.05, 0.1) is 29.4 Å². The lowest BCUT2D eigenvalue weighted by atomic mass is 9.79. The van der Waals surface area contributed by atoms with Crippen LogP contribution in [0.25, 0.3) is 0 Å². The van der Waals surface area contributed by atoms with E-state index in [0.29, 0.717) is 0 Å². The van der Waals surface area contributed by atoms with Crippen LogP contribution in [0.4, 0.5) is 5.69 Å². The van der Waals surface area contributed by atoms with Gasteiger partial charge in [0, 0.05) is 11.8 Å². The molecule has 1 aromatic rings. The summed E-state index contributed by atoms with van der Waals surface area (Å²) in [5.41, 5.74) is 2.30. The van der Waals surface area contributed by atoms with Gasteiger partial charge in [0.25, 0.3) is 0 Å². The first-order chi connectivity index (χ1) is 10.4. The maximum atomic E-state index is 6.10. The topological polar surface area (TPSA) is 30.5 Å². The van der Waals surface area contributed by atoms with E-state index in [-0.39, 0.29) is 18.3 Å². The van der Waals surface area contributed by atoms with E-state index in [4.69, 9.17) is 9.31 Å². The molecule has 0 bridgehead atoms. The Morgan fingerprint density at radius 3 is 2.41 bits per heavy atom. The highest BCUT2D eigenvalue weighted by Gasteiger charge is 2.51. The smallest absolute Gasteiger partial charge is 0.399 e. The van der Waals surface area contributed by atoms with Crippen molar-refractivity contribution < 1.29 is 9.31 Å². The highest BCUT2D eigenvalue weighted by atomic mass is 16.7. The lowest BCUT2D eigenvalue weighted by molar-refractivity contribution is 0.00578. The summed E-state index contributed by atoms with van der Waals surface area (Å²) in [6.07, 6.45) is 11.0. The van der Waals surface area contributed by atoms with Gasteiger partial charge >= 0.3 is 7.12 Å². The first-order valence-corrected chi connectivity index (χ1v) is 7.57. The molecule has 1 saturated heterocycles. The summed E-state index contributed by atoms with van der Waals surface area (Å²) in [6.45, 7) is 8.25. The van der Waals surface area contributed by atoms with Crippen molar-refractivity contribution >= 4 is 18.3 Å². The van der Waals surface area contributed by atoms with Crippen molar-refractivity contribution in [3.8, 4) is 0 Å². The van der Waals surface area contributed by atoms with Gasteiger partial charge in [-0.25, -0.2) is 0 Å². The first kappa shape index (κ1) is 15.0. The lowest BCUT2D eigenvalue weighted by Gasteiger charge is -2.32. The van der Waals surface area contributed by atoms with Crippen LogP contribution in [0.3, 0.4) is 0 Å². The molecule has 1 aliphatic heterocycles. The third-order valence-corrected chi connectivity index (χ3v) is 4.40. The number of rotatable bonds is 3. The second-order valence-corrected chi connectivity index (χ2v) is 6.61. The molecular weight excluding hydrogens is 273 g/mol. The molecule has 0 aromatic heterocycles. The molecule has 3 nitrogen and oxygen atoms in total. The van der Waals surface area contributed by atoms with E-state index < -0.39 is 0 Å². The molecule has 4 heteroatoms. The molecule has 0 atom stereocenters. The quantitative estimate of drug-likeness (QED) is 0.686. The Balaban J connectivity index is 1.79. The van der Waals surface area contributed by atoms with Crippen LogP contribution in [0.15, 0.2) is 54.3 Å². The highest BCUT2D eigenvalue weighted by molar-refractivity contribution is 6.62. The van der Waals surface area contributed by atoms with Gasteiger partial charge < -0.3 is 14.6 Å². The van der Waals surface area contributed by atoms with E-state index in [2.05, 4.69) is 45.2 Å². The third kappa shape index (κ3) is 2.86. The van der Waals surface area contributed by atoms with Crippen molar-refractivity contribution in [2.24, 2.45) is 0 Å². The molecule has 0 spiro atoms. The van der Waals surface area contributed by atoms with Crippen LogP contribution in [-0.2, 0) is 9.31 Å². The zero-order valence-corrected chi connectivity index (χ0v) is 13.5. The molecule has 112 valence electrons. The van der Waals surface area contributed by atoms with Crippen LogP contribution in [-0.4, -0.2) is 18.3 Å². The van der Waals surface area contributed by atoms with Gasteiger partial charge in [0.15, 0.2) is 0 Å². The molecule has 0 radical (unpaired) electrons. The summed E-state index contributed by atoms with van der Waals surface area (Å²) >= 11 is 0. The Hall–Kier alpha value is -1.87. The number of benzene rings is 1. The van der Waals surface area contributed by atoms with Gasteiger partial charge in [0.1, 0.15) is 6.08 Å².